The number of carbonyl (C=O) groups excluding carboxylic acids is 2. The zero-order valence-electron chi connectivity index (χ0n) is 19.2. The lowest BCUT2D eigenvalue weighted by atomic mass is 10.0. The van der Waals surface area contributed by atoms with Crippen LogP contribution in [0.4, 0.5) is 4.39 Å². The Morgan fingerprint density at radius 1 is 1.05 bits per heavy atom. The van der Waals surface area contributed by atoms with Crippen LogP contribution in [0, 0.1) is 5.82 Å². The Balaban J connectivity index is 1.30. The molecule has 0 saturated carbocycles. The third-order valence-electron chi connectivity index (χ3n) is 6.25. The number of hydrogen-bond acceptors (Lipinski definition) is 8. The van der Waals surface area contributed by atoms with Crippen molar-refractivity contribution in [2.75, 3.05) is 0 Å². The first-order chi connectivity index (χ1) is 18.0. The predicted octanol–water partition coefficient (Wildman–Crippen LogP) is 3.41. The van der Waals surface area contributed by atoms with Crippen LogP contribution in [0.15, 0.2) is 74.7 Å². The van der Waals surface area contributed by atoms with E-state index < -0.39 is 23.5 Å². The van der Waals surface area contributed by atoms with Gasteiger partial charge >= 0.3 is 5.76 Å². The summed E-state index contributed by atoms with van der Waals surface area (Å²) in [5, 5.41) is 6.21. The topological polar surface area (TPSA) is 133 Å². The number of fused-ring (bicyclic) bond motifs is 1. The van der Waals surface area contributed by atoms with Gasteiger partial charge in [-0.05, 0) is 47.9 Å². The number of halogens is 1. The summed E-state index contributed by atoms with van der Waals surface area (Å²) in [4.78, 5) is 44.7. The Labute approximate surface area is 207 Å². The van der Waals surface area contributed by atoms with Crippen LogP contribution in [0.1, 0.15) is 30.3 Å². The van der Waals surface area contributed by atoms with Gasteiger partial charge in [-0.1, -0.05) is 23.4 Å². The van der Waals surface area contributed by atoms with Crippen LogP contribution >= 0.6 is 0 Å². The molecule has 1 saturated heterocycles. The quantitative estimate of drug-likeness (QED) is 0.364. The largest absolute Gasteiger partial charge is 0.420 e. The molecule has 0 spiro atoms. The van der Waals surface area contributed by atoms with Crippen LogP contribution in [0.5, 0.6) is 0 Å². The van der Waals surface area contributed by atoms with Gasteiger partial charge in [0.1, 0.15) is 11.9 Å². The Bertz CT molecular complexity index is 1720. The third kappa shape index (κ3) is 4.10. The Kier molecular flexibility index (Phi) is 5.44. The minimum Gasteiger partial charge on any atom is -0.408 e. The van der Waals surface area contributed by atoms with Crippen molar-refractivity contribution in [3.8, 4) is 22.5 Å². The number of amides is 2. The van der Waals surface area contributed by atoms with Crippen molar-refractivity contribution in [2.45, 2.75) is 25.3 Å². The summed E-state index contributed by atoms with van der Waals surface area (Å²) in [6, 6.07) is 12.6. The van der Waals surface area contributed by atoms with Gasteiger partial charge in [-0.25, -0.2) is 9.18 Å². The summed E-state index contributed by atoms with van der Waals surface area (Å²) in [5.74, 6) is -1.75. The van der Waals surface area contributed by atoms with Crippen molar-refractivity contribution < 1.29 is 22.9 Å². The van der Waals surface area contributed by atoms with Crippen LogP contribution < -0.4 is 11.1 Å². The highest BCUT2D eigenvalue weighted by Gasteiger charge is 2.31. The van der Waals surface area contributed by atoms with E-state index in [1.807, 2.05) is 0 Å². The van der Waals surface area contributed by atoms with E-state index in [-0.39, 0.29) is 42.4 Å². The van der Waals surface area contributed by atoms with Crippen LogP contribution in [0.2, 0.25) is 0 Å². The van der Waals surface area contributed by atoms with E-state index in [2.05, 4.69) is 20.4 Å². The number of rotatable bonds is 5. The number of nitrogens with one attached hydrogen (secondary N) is 1. The normalized spacial score (nSPS) is 15.8. The van der Waals surface area contributed by atoms with Crippen LogP contribution in [0.25, 0.3) is 33.6 Å². The molecular weight excluding hydrogens is 481 g/mol. The molecule has 37 heavy (non-hydrogen) atoms. The second-order valence-electron chi connectivity index (χ2n) is 8.60. The number of aromatic nitrogens is 4. The lowest BCUT2D eigenvalue weighted by molar-refractivity contribution is -0.135. The molecule has 0 aliphatic carbocycles. The zero-order chi connectivity index (χ0) is 25.5. The highest BCUT2D eigenvalue weighted by molar-refractivity contribution is 6.00. The number of pyridine rings is 1. The predicted molar refractivity (Wildman–Crippen MR) is 128 cm³/mol. The van der Waals surface area contributed by atoms with E-state index in [9.17, 15) is 14.4 Å². The van der Waals surface area contributed by atoms with Gasteiger partial charge in [-0.3, -0.25) is 24.5 Å². The number of piperidine rings is 1. The lowest BCUT2D eigenvalue weighted by Crippen LogP contribution is -2.43. The molecule has 2 aromatic carbocycles. The van der Waals surface area contributed by atoms with E-state index in [0.29, 0.717) is 27.8 Å². The maximum Gasteiger partial charge on any atom is 0.420 e. The van der Waals surface area contributed by atoms with Gasteiger partial charge in [0, 0.05) is 24.4 Å². The van der Waals surface area contributed by atoms with Crippen LogP contribution in [-0.4, -0.2) is 31.5 Å². The second kappa shape index (κ2) is 8.94. The van der Waals surface area contributed by atoms with Gasteiger partial charge < -0.3 is 8.94 Å². The van der Waals surface area contributed by atoms with Crippen molar-refractivity contribution in [3.05, 3.63) is 88.7 Å². The number of oxazole rings is 1. The lowest BCUT2D eigenvalue weighted by Gasteiger charge is -2.21. The maximum absolute atomic E-state index is 15.3. The molecule has 1 aliphatic heterocycles. The number of carbonyl (C=O) groups is 2. The maximum atomic E-state index is 15.3. The molecule has 1 atom stereocenters. The molecule has 3 aromatic heterocycles. The molecule has 1 N–H and O–H groups in total. The zero-order valence-corrected chi connectivity index (χ0v) is 19.2. The smallest absolute Gasteiger partial charge is 0.408 e. The van der Waals surface area contributed by atoms with Crippen molar-refractivity contribution in [1.82, 2.24) is 25.0 Å². The molecule has 0 radical (unpaired) electrons. The van der Waals surface area contributed by atoms with Gasteiger partial charge in [-0.2, -0.15) is 4.98 Å². The van der Waals surface area contributed by atoms with Gasteiger partial charge in [0.25, 0.3) is 0 Å². The standard InChI is InChI=1S/C26H18FN5O5/c27-23-16(15-8-10-28-11-9-15)2-1-3-17(23)24-30-22(37-31-24)13-14-4-6-20-19(12-14)32(26(35)36-20)18-5-7-21(33)29-25(18)34/h1-4,6,8-12,18H,5,7,13H2,(H,29,33,34). The molecule has 4 heterocycles. The van der Waals surface area contributed by atoms with Crippen molar-refractivity contribution in [1.29, 1.82) is 0 Å². The van der Waals surface area contributed by atoms with Gasteiger partial charge in [0.15, 0.2) is 5.58 Å². The fourth-order valence-corrected chi connectivity index (χ4v) is 4.48. The first kappa shape index (κ1) is 22.5. The molecular formula is C26H18FN5O5. The highest BCUT2D eigenvalue weighted by atomic mass is 19.1. The second-order valence-corrected chi connectivity index (χ2v) is 8.60. The Morgan fingerprint density at radius 2 is 1.86 bits per heavy atom. The van der Waals surface area contributed by atoms with Crippen molar-refractivity contribution in [3.63, 3.8) is 0 Å². The van der Waals surface area contributed by atoms with E-state index in [1.54, 1.807) is 60.9 Å². The fraction of sp³-hybridized carbons (Fsp3) is 0.154. The van der Waals surface area contributed by atoms with Gasteiger partial charge in [-0.15, -0.1) is 0 Å². The minimum absolute atomic E-state index is 0.105. The van der Waals surface area contributed by atoms with E-state index >= 15 is 4.39 Å². The minimum atomic E-state index is -0.854. The summed E-state index contributed by atoms with van der Waals surface area (Å²) < 4.78 is 27.2. The molecule has 6 rings (SSSR count). The first-order valence-electron chi connectivity index (χ1n) is 11.5. The SMILES string of the molecule is O=C1CCC(n2c(=O)oc3ccc(Cc4nc(-c5cccc(-c6ccncc6)c5F)no4)cc32)C(=O)N1. The molecule has 1 aliphatic rings. The van der Waals surface area contributed by atoms with E-state index in [1.165, 1.54) is 4.57 Å². The summed E-state index contributed by atoms with van der Waals surface area (Å²) in [6.45, 7) is 0. The number of benzene rings is 2. The van der Waals surface area contributed by atoms with Crippen LogP contribution in [-0.2, 0) is 16.0 Å². The van der Waals surface area contributed by atoms with Crippen LogP contribution in [0.3, 0.4) is 0 Å². The van der Waals surface area contributed by atoms with Crippen molar-refractivity contribution >= 4 is 22.9 Å². The van der Waals surface area contributed by atoms with E-state index in [4.69, 9.17) is 8.94 Å². The summed E-state index contributed by atoms with van der Waals surface area (Å²) >= 11 is 0. The summed E-state index contributed by atoms with van der Waals surface area (Å²) in [5.41, 5.74) is 2.68. The molecule has 1 fully saturated rings. The Hall–Kier alpha value is -4.93. The molecule has 184 valence electrons. The first-order valence-corrected chi connectivity index (χ1v) is 11.5. The summed E-state index contributed by atoms with van der Waals surface area (Å²) in [6.07, 6.45) is 3.69. The number of nitrogens with zero attached hydrogens (tertiary/aromatic N) is 4. The Morgan fingerprint density at radius 3 is 2.68 bits per heavy atom. The highest BCUT2D eigenvalue weighted by Crippen LogP contribution is 2.30. The average molecular weight is 499 g/mol. The number of hydrogen-bond donors (Lipinski definition) is 1. The van der Waals surface area contributed by atoms with Gasteiger partial charge in [0.05, 0.1) is 17.5 Å². The fourth-order valence-electron chi connectivity index (χ4n) is 4.48. The molecule has 2 amide bonds. The number of imide groups is 1. The third-order valence-corrected chi connectivity index (χ3v) is 6.25. The van der Waals surface area contributed by atoms with Gasteiger partial charge in [0.2, 0.25) is 23.5 Å². The average Bonchev–Trinajstić information content (AvgIpc) is 3.48. The monoisotopic (exact) mass is 499 g/mol. The molecule has 5 aromatic rings. The van der Waals surface area contributed by atoms with E-state index in [0.717, 1.165) is 0 Å². The molecule has 10 nitrogen and oxygen atoms in total. The molecule has 1 unspecified atom stereocenters. The van der Waals surface area contributed by atoms with Crippen molar-refractivity contribution in [2.24, 2.45) is 0 Å². The molecule has 0 bridgehead atoms. The molecule has 11 heteroatoms. The summed E-state index contributed by atoms with van der Waals surface area (Å²) in [7, 11) is 0.